The van der Waals surface area contributed by atoms with Crippen LogP contribution in [0.25, 0.3) is 21.2 Å². The number of sulfone groups is 1. The number of aromatic nitrogens is 2. The van der Waals surface area contributed by atoms with E-state index < -0.39 is 15.4 Å². The van der Waals surface area contributed by atoms with Crippen LogP contribution in [0, 0.1) is 0 Å². The number of ether oxygens (including phenoxy) is 1. The van der Waals surface area contributed by atoms with E-state index >= 15 is 0 Å². The molecule has 0 aromatic carbocycles. The zero-order valence-corrected chi connectivity index (χ0v) is 16.5. The molecule has 1 atom stereocenters. The van der Waals surface area contributed by atoms with E-state index in [1.54, 1.807) is 39.2 Å². The summed E-state index contributed by atoms with van der Waals surface area (Å²) in [5, 5.41) is 5.43. The Bertz CT molecular complexity index is 971. The number of pyridine rings is 2. The Morgan fingerprint density at radius 3 is 2.65 bits per heavy atom. The summed E-state index contributed by atoms with van der Waals surface area (Å²) in [5.41, 5.74) is 8.66. The lowest BCUT2D eigenvalue weighted by molar-refractivity contribution is 0.212. The maximum Gasteiger partial charge on any atom is 0.223 e. The lowest BCUT2D eigenvalue weighted by atomic mass is 9.93. The fourth-order valence-corrected chi connectivity index (χ4v) is 3.38. The quantitative estimate of drug-likeness (QED) is 0.302. The van der Waals surface area contributed by atoms with E-state index in [-0.39, 0.29) is 17.0 Å². The maximum absolute atomic E-state index is 11.3. The molecule has 0 spiro atoms. The molecule has 2 heterocycles. The zero-order valence-electron chi connectivity index (χ0n) is 15.0. The molecule has 0 radical (unpaired) electrons. The van der Waals surface area contributed by atoms with Gasteiger partial charge < -0.3 is 4.74 Å². The largest absolute Gasteiger partial charge is 0.474 e. The topological polar surface area (TPSA) is 118 Å². The van der Waals surface area contributed by atoms with Gasteiger partial charge in [-0.15, -0.1) is 0 Å². The van der Waals surface area contributed by atoms with E-state index in [0.29, 0.717) is 28.6 Å². The summed E-state index contributed by atoms with van der Waals surface area (Å²) in [7, 11) is -3.07. The van der Waals surface area contributed by atoms with Gasteiger partial charge in [0.25, 0.3) is 0 Å². The van der Waals surface area contributed by atoms with Crippen molar-refractivity contribution >= 4 is 32.2 Å². The molecule has 0 aliphatic rings. The van der Waals surface area contributed by atoms with Gasteiger partial charge in [0.15, 0.2) is 0 Å². The number of azide groups is 1. The number of rotatable bonds is 7. The van der Waals surface area contributed by atoms with Crippen LogP contribution >= 0.6 is 11.6 Å². The van der Waals surface area contributed by atoms with Crippen molar-refractivity contribution in [1.82, 2.24) is 9.97 Å². The molecule has 2 aromatic heterocycles. The van der Waals surface area contributed by atoms with Gasteiger partial charge in [-0.3, -0.25) is 0 Å². The van der Waals surface area contributed by atoms with Gasteiger partial charge in [0.2, 0.25) is 5.88 Å². The van der Waals surface area contributed by atoms with Crippen molar-refractivity contribution < 1.29 is 13.2 Å². The third-order valence-electron chi connectivity index (χ3n) is 3.86. The summed E-state index contributed by atoms with van der Waals surface area (Å²) >= 11 is 6.03. The lowest BCUT2D eigenvalue weighted by Gasteiger charge is -2.22. The third kappa shape index (κ3) is 4.97. The summed E-state index contributed by atoms with van der Waals surface area (Å²) < 4.78 is 28.5. The Labute approximate surface area is 157 Å². The van der Waals surface area contributed by atoms with Crippen molar-refractivity contribution in [3.8, 4) is 5.88 Å². The Morgan fingerprint density at radius 2 is 2.04 bits per heavy atom. The Balaban J connectivity index is 2.46. The molecule has 0 saturated heterocycles. The van der Waals surface area contributed by atoms with Gasteiger partial charge in [0.1, 0.15) is 15.0 Å². The van der Waals surface area contributed by atoms with E-state index in [9.17, 15) is 8.42 Å². The van der Waals surface area contributed by atoms with Crippen molar-refractivity contribution in [2.75, 3.05) is 12.0 Å². The number of hydrogen-bond donors (Lipinski definition) is 0. The second kappa shape index (κ2) is 7.65. The standard InChI is InChI=1S/C16H20ClN5O3S/c1-10(5-6-26(4,23)24)25-15-12-8-19-14(17)7-11(12)13(9-20-15)16(2,3)21-22-18/h7-10H,5-6H2,1-4H3/t10-/m1/s1. The number of halogens is 1. The van der Waals surface area contributed by atoms with Crippen molar-refractivity contribution in [2.45, 2.75) is 38.8 Å². The fourth-order valence-electron chi connectivity index (χ4n) is 2.46. The monoisotopic (exact) mass is 397 g/mol. The van der Waals surface area contributed by atoms with Gasteiger partial charge in [-0.25, -0.2) is 18.4 Å². The summed E-state index contributed by atoms with van der Waals surface area (Å²) in [4.78, 5) is 11.3. The highest BCUT2D eigenvalue weighted by Gasteiger charge is 2.24. The molecule has 26 heavy (non-hydrogen) atoms. The Morgan fingerprint density at radius 1 is 1.35 bits per heavy atom. The van der Waals surface area contributed by atoms with Gasteiger partial charge in [-0.05, 0) is 35.9 Å². The van der Waals surface area contributed by atoms with Crippen molar-refractivity contribution in [1.29, 1.82) is 0 Å². The summed E-state index contributed by atoms with van der Waals surface area (Å²) in [6, 6.07) is 1.66. The lowest BCUT2D eigenvalue weighted by Crippen LogP contribution is -2.19. The van der Waals surface area contributed by atoms with Crippen LogP contribution in [0.2, 0.25) is 5.15 Å². The third-order valence-corrected chi connectivity index (χ3v) is 5.05. The number of fused-ring (bicyclic) bond motifs is 1. The van der Waals surface area contributed by atoms with E-state index in [2.05, 4.69) is 20.0 Å². The van der Waals surface area contributed by atoms with Crippen molar-refractivity contribution in [2.24, 2.45) is 5.11 Å². The van der Waals surface area contributed by atoms with E-state index in [4.69, 9.17) is 21.9 Å². The highest BCUT2D eigenvalue weighted by atomic mass is 35.5. The average molecular weight is 398 g/mol. The molecule has 2 rings (SSSR count). The molecule has 0 unspecified atom stereocenters. The van der Waals surface area contributed by atoms with Gasteiger partial charge in [-0.2, -0.15) is 0 Å². The summed E-state index contributed by atoms with van der Waals surface area (Å²) in [6.07, 6.45) is 4.29. The Kier molecular flexibility index (Phi) is 5.95. The SMILES string of the molecule is C[C@H](CCS(C)(=O)=O)Oc1ncc(C(C)(C)N=[N+]=[N-])c2cc(Cl)ncc12. The minimum Gasteiger partial charge on any atom is -0.474 e. The van der Waals surface area contributed by atoms with Crippen LogP contribution < -0.4 is 4.74 Å². The van der Waals surface area contributed by atoms with Crippen molar-refractivity contribution in [3.63, 3.8) is 0 Å². The normalized spacial score (nSPS) is 13.3. The Hall–Kier alpha value is -2.09. The van der Waals surface area contributed by atoms with Crippen LogP contribution in [0.5, 0.6) is 5.88 Å². The molecular formula is C16H20ClN5O3S. The van der Waals surface area contributed by atoms with Crippen LogP contribution in [-0.2, 0) is 15.4 Å². The second-order valence-electron chi connectivity index (χ2n) is 6.63. The molecule has 0 amide bonds. The van der Waals surface area contributed by atoms with Gasteiger partial charge in [0, 0.05) is 23.6 Å². The van der Waals surface area contributed by atoms with E-state index in [1.165, 1.54) is 6.26 Å². The molecule has 0 fully saturated rings. The van der Waals surface area contributed by atoms with E-state index in [1.807, 2.05) is 0 Å². The first kappa shape index (κ1) is 20.2. The van der Waals surface area contributed by atoms with Crippen LogP contribution in [0.15, 0.2) is 23.6 Å². The predicted molar refractivity (Wildman–Crippen MR) is 101 cm³/mol. The molecule has 10 heteroatoms. The molecule has 0 N–H and O–H groups in total. The second-order valence-corrected chi connectivity index (χ2v) is 9.27. The zero-order chi connectivity index (χ0) is 19.5. The first-order valence-corrected chi connectivity index (χ1v) is 10.3. The van der Waals surface area contributed by atoms with Crippen LogP contribution in [0.3, 0.4) is 0 Å². The van der Waals surface area contributed by atoms with Crippen LogP contribution in [0.1, 0.15) is 32.8 Å². The van der Waals surface area contributed by atoms with Gasteiger partial charge in [0.05, 0.1) is 22.8 Å². The van der Waals surface area contributed by atoms with Gasteiger partial charge in [-0.1, -0.05) is 30.6 Å². The average Bonchev–Trinajstić information content (AvgIpc) is 2.52. The first-order valence-electron chi connectivity index (χ1n) is 7.89. The molecule has 140 valence electrons. The van der Waals surface area contributed by atoms with Crippen LogP contribution in [0.4, 0.5) is 0 Å². The number of hydrogen-bond acceptors (Lipinski definition) is 6. The van der Waals surface area contributed by atoms with Crippen molar-refractivity contribution in [3.05, 3.63) is 39.6 Å². The number of nitrogens with zero attached hydrogens (tertiary/aromatic N) is 5. The first-order chi connectivity index (χ1) is 12.0. The predicted octanol–water partition coefficient (Wildman–Crippen LogP) is 4.03. The molecule has 2 aromatic rings. The highest BCUT2D eigenvalue weighted by molar-refractivity contribution is 7.90. The molecule has 0 saturated carbocycles. The highest BCUT2D eigenvalue weighted by Crippen LogP contribution is 2.35. The minimum atomic E-state index is -3.07. The maximum atomic E-state index is 11.3. The molecule has 8 nitrogen and oxygen atoms in total. The van der Waals surface area contributed by atoms with E-state index in [0.717, 1.165) is 0 Å². The summed E-state index contributed by atoms with van der Waals surface area (Å²) in [5.74, 6) is 0.351. The molecule has 0 bridgehead atoms. The molecule has 0 aliphatic carbocycles. The summed E-state index contributed by atoms with van der Waals surface area (Å²) in [6.45, 7) is 5.32. The fraction of sp³-hybridized carbons (Fsp3) is 0.500. The minimum absolute atomic E-state index is 0.0260. The van der Waals surface area contributed by atoms with Crippen LogP contribution in [-0.4, -0.2) is 36.5 Å². The molecule has 0 aliphatic heterocycles. The van der Waals surface area contributed by atoms with Gasteiger partial charge >= 0.3 is 0 Å². The molecular weight excluding hydrogens is 378 g/mol. The smallest absolute Gasteiger partial charge is 0.223 e.